The van der Waals surface area contributed by atoms with Gasteiger partial charge in [-0.15, -0.1) is 0 Å². The number of sulfonamides is 1. The van der Waals surface area contributed by atoms with E-state index in [1.807, 2.05) is 13.8 Å². The Kier molecular flexibility index (Phi) is 5.97. The van der Waals surface area contributed by atoms with Crippen molar-refractivity contribution < 1.29 is 18.0 Å². The molecule has 138 valence electrons. The van der Waals surface area contributed by atoms with Crippen LogP contribution in [0.15, 0.2) is 29.2 Å². The van der Waals surface area contributed by atoms with E-state index in [0.717, 1.165) is 0 Å². The smallest absolute Gasteiger partial charge is 0.243 e. The molecule has 8 heteroatoms. The van der Waals surface area contributed by atoms with Crippen LogP contribution in [0.25, 0.3) is 0 Å². The second kappa shape index (κ2) is 7.63. The fraction of sp³-hybridized carbons (Fsp3) is 0.529. The number of nitrogens with one attached hydrogen (secondary N) is 2. The Labute approximate surface area is 148 Å². The average molecular weight is 367 g/mol. The molecule has 0 atom stereocenters. The lowest BCUT2D eigenvalue weighted by molar-refractivity contribution is -0.119. The van der Waals surface area contributed by atoms with Crippen molar-refractivity contribution in [3.05, 3.63) is 29.8 Å². The molecule has 0 aromatic heterocycles. The van der Waals surface area contributed by atoms with Crippen LogP contribution in [0.2, 0.25) is 0 Å². The number of hydrogen-bond acceptors (Lipinski definition) is 5. The minimum atomic E-state index is -3.58. The lowest BCUT2D eigenvalue weighted by atomic mass is 9.99. The first kappa shape index (κ1) is 19.6. The largest absolute Gasteiger partial charge is 0.337 e. The molecule has 2 aliphatic heterocycles. The molecule has 0 radical (unpaired) electrons. The first-order valence-electron chi connectivity index (χ1n) is 8.50. The predicted molar refractivity (Wildman–Crippen MR) is 94.7 cm³/mol. The molecule has 7 nitrogen and oxygen atoms in total. The maximum Gasteiger partial charge on any atom is 0.243 e. The Bertz CT molecular complexity index is 736. The van der Waals surface area contributed by atoms with Crippen LogP contribution in [0.4, 0.5) is 0 Å². The number of ketones is 1. The van der Waals surface area contributed by atoms with E-state index >= 15 is 0 Å². The lowest BCUT2D eigenvalue weighted by Crippen LogP contribution is -2.57. The summed E-state index contributed by atoms with van der Waals surface area (Å²) in [6, 6.07) is 5.98. The highest BCUT2D eigenvalue weighted by molar-refractivity contribution is 7.89. The highest BCUT2D eigenvalue weighted by atomic mass is 32.2. The van der Waals surface area contributed by atoms with E-state index in [1.165, 1.54) is 35.5 Å². The molecule has 2 aliphatic rings. The molecule has 2 N–H and O–H groups in total. The Morgan fingerprint density at radius 1 is 1.12 bits per heavy atom. The second-order valence-corrected chi connectivity index (χ2v) is 7.91. The molecule has 2 heterocycles. The van der Waals surface area contributed by atoms with Gasteiger partial charge in [-0.2, -0.15) is 4.31 Å². The van der Waals surface area contributed by atoms with Crippen molar-refractivity contribution in [3.8, 4) is 0 Å². The molecule has 1 aromatic rings. The molecular weight excluding hydrogens is 342 g/mol. The summed E-state index contributed by atoms with van der Waals surface area (Å²) in [7, 11) is -3.58. The van der Waals surface area contributed by atoms with Crippen molar-refractivity contribution in [1.82, 2.24) is 14.9 Å². The molecule has 0 aliphatic carbocycles. The summed E-state index contributed by atoms with van der Waals surface area (Å²) in [6.07, 6.45) is 1.06. The number of carbonyl (C=O) groups is 2. The number of Topliss-reactive ketones (excluding diaryl/α,β-unsaturated/α-hetero) is 1. The van der Waals surface area contributed by atoms with Gasteiger partial charge in [0.15, 0.2) is 5.78 Å². The molecule has 1 spiro atoms. The highest BCUT2D eigenvalue weighted by Crippen LogP contribution is 2.26. The van der Waals surface area contributed by atoms with Gasteiger partial charge in [0, 0.05) is 18.7 Å². The summed E-state index contributed by atoms with van der Waals surface area (Å²) < 4.78 is 26.8. The number of piperidine rings is 1. The SMILES string of the molecule is CC.CC(=O)c1ccc(S(=O)(=O)N2CCC3(CC2)NCC(=O)N3)cc1. The van der Waals surface area contributed by atoms with Gasteiger partial charge in [-0.1, -0.05) is 26.0 Å². The van der Waals surface area contributed by atoms with Gasteiger partial charge in [0.1, 0.15) is 0 Å². The highest BCUT2D eigenvalue weighted by Gasteiger charge is 2.42. The maximum atomic E-state index is 12.7. The van der Waals surface area contributed by atoms with Gasteiger partial charge < -0.3 is 5.32 Å². The second-order valence-electron chi connectivity index (χ2n) is 5.97. The van der Waals surface area contributed by atoms with Crippen molar-refractivity contribution in [2.24, 2.45) is 0 Å². The van der Waals surface area contributed by atoms with E-state index in [9.17, 15) is 18.0 Å². The van der Waals surface area contributed by atoms with Crippen LogP contribution in [0.1, 0.15) is 44.0 Å². The van der Waals surface area contributed by atoms with Gasteiger partial charge in [-0.25, -0.2) is 8.42 Å². The summed E-state index contributed by atoms with van der Waals surface area (Å²) in [6.45, 7) is 6.39. The summed E-state index contributed by atoms with van der Waals surface area (Å²) in [4.78, 5) is 22.8. The topological polar surface area (TPSA) is 95.6 Å². The molecule has 2 fully saturated rings. The Balaban J connectivity index is 0.00000109. The minimum absolute atomic E-state index is 0.0545. The zero-order valence-corrected chi connectivity index (χ0v) is 15.6. The lowest BCUT2D eigenvalue weighted by Gasteiger charge is -2.38. The average Bonchev–Trinajstić information content (AvgIpc) is 2.97. The predicted octanol–water partition coefficient (Wildman–Crippen LogP) is 1.12. The third-order valence-electron chi connectivity index (χ3n) is 4.44. The van der Waals surface area contributed by atoms with E-state index in [-0.39, 0.29) is 23.1 Å². The molecule has 0 saturated carbocycles. The fourth-order valence-electron chi connectivity index (χ4n) is 3.03. The molecule has 0 bridgehead atoms. The number of nitrogens with zero attached hydrogens (tertiary/aromatic N) is 1. The van der Waals surface area contributed by atoms with Gasteiger partial charge in [-0.3, -0.25) is 14.9 Å². The van der Waals surface area contributed by atoms with Crippen molar-refractivity contribution in [3.63, 3.8) is 0 Å². The van der Waals surface area contributed by atoms with Crippen LogP contribution < -0.4 is 10.6 Å². The Morgan fingerprint density at radius 3 is 2.12 bits per heavy atom. The maximum absolute atomic E-state index is 12.7. The first-order chi connectivity index (χ1) is 11.8. The van der Waals surface area contributed by atoms with E-state index in [2.05, 4.69) is 10.6 Å². The third-order valence-corrected chi connectivity index (χ3v) is 6.35. The van der Waals surface area contributed by atoms with E-state index in [4.69, 9.17) is 0 Å². The monoisotopic (exact) mass is 367 g/mol. The zero-order valence-electron chi connectivity index (χ0n) is 14.8. The third kappa shape index (κ3) is 4.08. The van der Waals surface area contributed by atoms with Crippen LogP contribution in [0.5, 0.6) is 0 Å². The van der Waals surface area contributed by atoms with Crippen LogP contribution in [-0.2, 0) is 14.8 Å². The summed E-state index contributed by atoms with van der Waals surface area (Å²) in [5.74, 6) is -0.155. The number of hydrogen-bond donors (Lipinski definition) is 2. The molecular formula is C17H25N3O4S. The van der Waals surface area contributed by atoms with Crippen molar-refractivity contribution >= 4 is 21.7 Å². The van der Waals surface area contributed by atoms with E-state index < -0.39 is 15.7 Å². The van der Waals surface area contributed by atoms with Crippen molar-refractivity contribution in [2.75, 3.05) is 19.6 Å². The van der Waals surface area contributed by atoms with Crippen LogP contribution in [0, 0.1) is 0 Å². The summed E-state index contributed by atoms with van der Waals surface area (Å²) in [5, 5.41) is 6.03. The fourth-order valence-corrected chi connectivity index (χ4v) is 4.47. The molecule has 25 heavy (non-hydrogen) atoms. The van der Waals surface area contributed by atoms with Gasteiger partial charge >= 0.3 is 0 Å². The number of benzene rings is 1. The molecule has 0 unspecified atom stereocenters. The molecule has 2 saturated heterocycles. The van der Waals surface area contributed by atoms with Crippen molar-refractivity contribution in [1.29, 1.82) is 0 Å². The van der Waals surface area contributed by atoms with Crippen LogP contribution >= 0.6 is 0 Å². The summed E-state index contributed by atoms with van der Waals surface area (Å²) in [5.41, 5.74) is 0.0149. The normalized spacial score (nSPS) is 19.9. The minimum Gasteiger partial charge on any atom is -0.337 e. The van der Waals surface area contributed by atoms with Crippen LogP contribution in [0.3, 0.4) is 0 Å². The Morgan fingerprint density at radius 2 is 1.68 bits per heavy atom. The zero-order chi connectivity index (χ0) is 18.7. The van der Waals surface area contributed by atoms with E-state index in [0.29, 0.717) is 31.5 Å². The van der Waals surface area contributed by atoms with Gasteiger partial charge in [0.05, 0.1) is 17.1 Å². The molecule has 1 amide bonds. The van der Waals surface area contributed by atoms with Gasteiger partial charge in [0.2, 0.25) is 15.9 Å². The quantitative estimate of drug-likeness (QED) is 0.781. The number of amides is 1. The number of rotatable bonds is 3. The molecule has 1 aromatic carbocycles. The Hall–Kier alpha value is -1.77. The van der Waals surface area contributed by atoms with Gasteiger partial charge in [-0.05, 0) is 31.9 Å². The van der Waals surface area contributed by atoms with Gasteiger partial charge in [0.25, 0.3) is 0 Å². The summed E-state index contributed by atoms with van der Waals surface area (Å²) >= 11 is 0. The first-order valence-corrected chi connectivity index (χ1v) is 9.94. The number of carbonyl (C=O) groups excluding carboxylic acids is 2. The van der Waals surface area contributed by atoms with Crippen LogP contribution in [-0.4, -0.2) is 49.7 Å². The molecule has 3 rings (SSSR count). The standard InChI is InChI=1S/C15H19N3O4S.C2H6/c1-11(19)12-2-4-13(5-3-12)23(21,22)18-8-6-15(7-9-18)16-10-14(20)17-15;1-2/h2-5,16H,6-10H2,1H3,(H,17,20);1-2H3. The van der Waals surface area contributed by atoms with E-state index in [1.54, 1.807) is 0 Å². The van der Waals surface area contributed by atoms with Crippen molar-refractivity contribution in [2.45, 2.75) is 44.2 Å².